The van der Waals surface area contributed by atoms with Gasteiger partial charge in [-0.3, -0.25) is 9.69 Å². The van der Waals surface area contributed by atoms with E-state index in [9.17, 15) is 9.90 Å². The molecule has 1 aromatic rings. The molecule has 1 fully saturated rings. The van der Waals surface area contributed by atoms with Crippen molar-refractivity contribution in [2.24, 2.45) is 0 Å². The average molecular weight is 297 g/mol. The van der Waals surface area contributed by atoms with Gasteiger partial charge in [0.15, 0.2) is 0 Å². The van der Waals surface area contributed by atoms with Gasteiger partial charge in [0.2, 0.25) is 0 Å². The minimum absolute atomic E-state index is 0.0163. The molecule has 0 radical (unpaired) electrons. The first-order chi connectivity index (χ1) is 9.56. The number of likely N-dealkylation sites (N-methyl/N-ethyl adjacent to an activating group) is 2. The van der Waals surface area contributed by atoms with Crippen molar-refractivity contribution in [3.63, 3.8) is 0 Å². The van der Waals surface area contributed by atoms with E-state index >= 15 is 0 Å². The Hall–Kier alpha value is -0.950. The van der Waals surface area contributed by atoms with Crippen molar-refractivity contribution < 1.29 is 9.90 Å². The molecule has 1 aliphatic heterocycles. The molecule has 5 nitrogen and oxygen atoms in total. The third-order valence-corrected chi connectivity index (χ3v) is 4.49. The van der Waals surface area contributed by atoms with Crippen LogP contribution in [0.15, 0.2) is 17.5 Å². The van der Waals surface area contributed by atoms with Crippen molar-refractivity contribution in [2.75, 3.05) is 53.4 Å². The van der Waals surface area contributed by atoms with Gasteiger partial charge in [-0.2, -0.15) is 0 Å². The van der Waals surface area contributed by atoms with Crippen LogP contribution in [0.3, 0.4) is 0 Å². The van der Waals surface area contributed by atoms with Crippen LogP contribution in [0.1, 0.15) is 9.67 Å². The number of β-amino-alcohol motifs (C(OH)–C–C–N with tert-alkyl or cyclic N) is 1. The van der Waals surface area contributed by atoms with Crippen LogP contribution < -0.4 is 0 Å². The number of hydrogen-bond donors (Lipinski definition) is 1. The van der Waals surface area contributed by atoms with Crippen molar-refractivity contribution >= 4 is 17.2 Å². The summed E-state index contributed by atoms with van der Waals surface area (Å²) in [4.78, 5) is 19.0. The van der Waals surface area contributed by atoms with Crippen LogP contribution in [0.5, 0.6) is 0 Å². The number of piperazine rings is 1. The standard InChI is InChI=1S/C14H23N3O2S/c1-15-5-7-17(8-6-15)11-12(18)10-16(2)14(19)13-4-3-9-20-13/h3-4,9,12,18H,5-8,10-11H2,1-2H3. The first-order valence-corrected chi connectivity index (χ1v) is 7.82. The van der Waals surface area contributed by atoms with Crippen molar-refractivity contribution in [1.29, 1.82) is 0 Å². The van der Waals surface area contributed by atoms with Crippen LogP contribution in [-0.4, -0.2) is 85.2 Å². The molecule has 6 heteroatoms. The number of amides is 1. The number of rotatable bonds is 5. The number of carbonyl (C=O) groups is 1. The Bertz CT molecular complexity index is 416. The van der Waals surface area contributed by atoms with Crippen LogP contribution in [0.4, 0.5) is 0 Å². The molecule has 1 aliphatic rings. The molecule has 1 aromatic heterocycles. The number of aliphatic hydroxyl groups excluding tert-OH is 1. The summed E-state index contributed by atoms with van der Waals surface area (Å²) >= 11 is 1.43. The van der Waals surface area contributed by atoms with Gasteiger partial charge in [-0.25, -0.2) is 0 Å². The van der Waals surface area contributed by atoms with Crippen molar-refractivity contribution in [3.8, 4) is 0 Å². The molecule has 1 atom stereocenters. The average Bonchev–Trinajstić information content (AvgIpc) is 2.94. The number of thiophene rings is 1. The Balaban J connectivity index is 1.76. The Morgan fingerprint density at radius 3 is 2.75 bits per heavy atom. The lowest BCUT2D eigenvalue weighted by molar-refractivity contribution is 0.0504. The van der Waals surface area contributed by atoms with E-state index in [-0.39, 0.29) is 5.91 Å². The summed E-state index contributed by atoms with van der Waals surface area (Å²) in [5, 5.41) is 12.0. The largest absolute Gasteiger partial charge is 0.390 e. The molecule has 112 valence electrons. The maximum atomic E-state index is 12.1. The van der Waals surface area contributed by atoms with Gasteiger partial charge < -0.3 is 14.9 Å². The first kappa shape index (κ1) is 15.4. The Morgan fingerprint density at radius 1 is 1.45 bits per heavy atom. The summed E-state index contributed by atoms with van der Waals surface area (Å²) in [7, 11) is 3.86. The summed E-state index contributed by atoms with van der Waals surface area (Å²) < 4.78 is 0. The second-order valence-corrected chi connectivity index (χ2v) is 6.37. The molecular formula is C14H23N3O2S. The second-order valence-electron chi connectivity index (χ2n) is 5.42. The van der Waals surface area contributed by atoms with Crippen molar-refractivity contribution in [3.05, 3.63) is 22.4 Å². The maximum Gasteiger partial charge on any atom is 0.263 e. The molecule has 1 unspecified atom stereocenters. The molecule has 0 aromatic carbocycles. The Kier molecular flexibility index (Phi) is 5.54. The third kappa shape index (κ3) is 4.28. The minimum Gasteiger partial charge on any atom is -0.390 e. The lowest BCUT2D eigenvalue weighted by Gasteiger charge is -2.34. The smallest absolute Gasteiger partial charge is 0.263 e. The molecule has 20 heavy (non-hydrogen) atoms. The fraction of sp³-hybridized carbons (Fsp3) is 0.643. The molecule has 0 bridgehead atoms. The van der Waals surface area contributed by atoms with Gasteiger partial charge in [0.25, 0.3) is 5.91 Å². The summed E-state index contributed by atoms with van der Waals surface area (Å²) in [5.74, 6) is -0.0163. The number of aliphatic hydroxyl groups is 1. The highest BCUT2D eigenvalue weighted by Crippen LogP contribution is 2.11. The van der Waals surface area contributed by atoms with Gasteiger partial charge in [0, 0.05) is 46.3 Å². The third-order valence-electron chi connectivity index (χ3n) is 3.63. The van der Waals surface area contributed by atoms with E-state index in [4.69, 9.17) is 0 Å². The zero-order valence-corrected chi connectivity index (χ0v) is 13.0. The van der Waals surface area contributed by atoms with Crippen molar-refractivity contribution in [1.82, 2.24) is 14.7 Å². The fourth-order valence-electron chi connectivity index (χ4n) is 2.37. The van der Waals surface area contributed by atoms with Gasteiger partial charge in [-0.15, -0.1) is 11.3 Å². The highest BCUT2D eigenvalue weighted by atomic mass is 32.1. The number of nitrogens with zero attached hydrogens (tertiary/aromatic N) is 3. The normalized spacial score (nSPS) is 18.9. The van der Waals surface area contributed by atoms with Crippen molar-refractivity contribution in [2.45, 2.75) is 6.10 Å². The van der Waals surface area contributed by atoms with Gasteiger partial charge in [0.05, 0.1) is 11.0 Å². The molecular weight excluding hydrogens is 274 g/mol. The van der Waals surface area contributed by atoms with E-state index in [1.807, 2.05) is 17.5 Å². The molecule has 1 N–H and O–H groups in total. The van der Waals surface area contributed by atoms with Gasteiger partial charge in [0.1, 0.15) is 0 Å². The van der Waals surface area contributed by atoms with Gasteiger partial charge in [-0.1, -0.05) is 6.07 Å². The van der Waals surface area contributed by atoms with E-state index in [1.165, 1.54) is 11.3 Å². The number of hydrogen-bond acceptors (Lipinski definition) is 5. The number of carbonyl (C=O) groups excluding carboxylic acids is 1. The molecule has 2 heterocycles. The quantitative estimate of drug-likeness (QED) is 0.856. The maximum absolute atomic E-state index is 12.1. The molecule has 0 spiro atoms. The summed E-state index contributed by atoms with van der Waals surface area (Å²) in [6.07, 6.45) is -0.493. The van der Waals surface area contributed by atoms with E-state index in [0.29, 0.717) is 13.1 Å². The highest BCUT2D eigenvalue weighted by Gasteiger charge is 2.20. The lowest BCUT2D eigenvalue weighted by atomic mass is 10.2. The zero-order valence-electron chi connectivity index (χ0n) is 12.2. The predicted octanol–water partition coefficient (Wildman–Crippen LogP) is 0.428. The molecule has 0 aliphatic carbocycles. The fourth-order valence-corrected chi connectivity index (χ4v) is 3.09. The Labute approximate surface area is 124 Å². The highest BCUT2D eigenvalue weighted by molar-refractivity contribution is 7.12. The topological polar surface area (TPSA) is 47.0 Å². The minimum atomic E-state index is -0.493. The first-order valence-electron chi connectivity index (χ1n) is 6.94. The molecule has 1 amide bonds. The zero-order chi connectivity index (χ0) is 14.5. The SMILES string of the molecule is CN1CCN(CC(O)CN(C)C(=O)c2cccs2)CC1. The lowest BCUT2D eigenvalue weighted by Crippen LogP contribution is -2.48. The van der Waals surface area contributed by atoms with E-state index in [2.05, 4.69) is 16.8 Å². The molecule has 0 saturated carbocycles. The van der Waals surface area contributed by atoms with Crippen LogP contribution in [0, 0.1) is 0 Å². The van der Waals surface area contributed by atoms with Crippen LogP contribution >= 0.6 is 11.3 Å². The van der Waals surface area contributed by atoms with Gasteiger partial charge in [-0.05, 0) is 18.5 Å². The Morgan fingerprint density at radius 2 is 2.15 bits per heavy atom. The van der Waals surface area contributed by atoms with E-state index < -0.39 is 6.10 Å². The van der Waals surface area contributed by atoms with E-state index in [0.717, 1.165) is 31.1 Å². The summed E-state index contributed by atoms with van der Waals surface area (Å²) in [6.45, 7) is 5.05. The van der Waals surface area contributed by atoms with Crippen LogP contribution in [0.2, 0.25) is 0 Å². The molecule has 1 saturated heterocycles. The monoisotopic (exact) mass is 297 g/mol. The van der Waals surface area contributed by atoms with E-state index in [1.54, 1.807) is 11.9 Å². The van der Waals surface area contributed by atoms with Gasteiger partial charge >= 0.3 is 0 Å². The summed E-state index contributed by atoms with van der Waals surface area (Å²) in [6, 6.07) is 3.68. The van der Waals surface area contributed by atoms with Crippen LogP contribution in [-0.2, 0) is 0 Å². The molecule has 2 rings (SSSR count). The summed E-state index contributed by atoms with van der Waals surface area (Å²) in [5.41, 5.74) is 0. The predicted molar refractivity (Wildman–Crippen MR) is 81.2 cm³/mol. The second kappa shape index (κ2) is 7.17. The van der Waals surface area contributed by atoms with Crippen LogP contribution in [0.25, 0.3) is 0 Å².